The summed E-state index contributed by atoms with van der Waals surface area (Å²) in [5.41, 5.74) is 3.40. The number of carbonyl (C=O) groups is 1. The molecule has 1 unspecified atom stereocenters. The molecule has 2 aromatic rings. The van der Waals surface area contributed by atoms with Crippen molar-refractivity contribution in [1.82, 2.24) is 9.47 Å². The molecule has 1 atom stereocenters. The SMILES string of the molecule is CCOC(=O)C(c1cn(C)c2c(C)cccc12)N1CCOCC1. The number of aromatic nitrogens is 1. The second-order valence-corrected chi connectivity index (χ2v) is 5.97. The molecule has 5 heteroatoms. The number of ether oxygens (including phenoxy) is 2. The maximum Gasteiger partial charge on any atom is 0.328 e. The Labute approximate surface area is 136 Å². The summed E-state index contributed by atoms with van der Waals surface area (Å²) >= 11 is 0. The van der Waals surface area contributed by atoms with Crippen molar-refractivity contribution < 1.29 is 14.3 Å². The number of aryl methyl sites for hydroxylation is 2. The van der Waals surface area contributed by atoms with Gasteiger partial charge in [0.2, 0.25) is 0 Å². The van der Waals surface area contributed by atoms with Gasteiger partial charge >= 0.3 is 5.97 Å². The van der Waals surface area contributed by atoms with Crippen molar-refractivity contribution in [3.63, 3.8) is 0 Å². The van der Waals surface area contributed by atoms with Crippen LogP contribution in [0.25, 0.3) is 10.9 Å². The molecular formula is C18H24N2O3. The molecule has 0 aliphatic carbocycles. The highest BCUT2D eigenvalue weighted by atomic mass is 16.5. The lowest BCUT2D eigenvalue weighted by Gasteiger charge is -2.32. The number of para-hydroxylation sites is 1. The van der Waals surface area contributed by atoms with Gasteiger partial charge in [0.25, 0.3) is 0 Å². The maximum absolute atomic E-state index is 12.7. The highest BCUT2D eigenvalue weighted by molar-refractivity contribution is 5.91. The van der Waals surface area contributed by atoms with Gasteiger partial charge in [-0.3, -0.25) is 4.90 Å². The predicted octanol–water partition coefficient (Wildman–Crippen LogP) is 2.42. The van der Waals surface area contributed by atoms with Gasteiger partial charge in [0.05, 0.1) is 25.3 Å². The molecule has 0 spiro atoms. The summed E-state index contributed by atoms with van der Waals surface area (Å²) in [6.07, 6.45) is 2.06. The lowest BCUT2D eigenvalue weighted by atomic mass is 10.0. The Morgan fingerprint density at radius 3 is 2.78 bits per heavy atom. The number of benzene rings is 1. The molecule has 0 radical (unpaired) electrons. The molecule has 0 amide bonds. The first-order valence-electron chi connectivity index (χ1n) is 8.16. The van der Waals surface area contributed by atoms with Crippen LogP contribution in [-0.2, 0) is 21.3 Å². The molecule has 5 nitrogen and oxygen atoms in total. The number of hydrogen-bond donors (Lipinski definition) is 0. The van der Waals surface area contributed by atoms with Crippen molar-refractivity contribution in [1.29, 1.82) is 0 Å². The fourth-order valence-corrected chi connectivity index (χ4v) is 3.45. The Morgan fingerprint density at radius 1 is 1.35 bits per heavy atom. The summed E-state index contributed by atoms with van der Waals surface area (Å²) < 4.78 is 12.9. The highest BCUT2D eigenvalue weighted by Crippen LogP contribution is 2.32. The Bertz CT molecular complexity index is 702. The molecule has 124 valence electrons. The van der Waals surface area contributed by atoms with E-state index in [1.807, 2.05) is 20.0 Å². The van der Waals surface area contributed by atoms with Crippen LogP contribution in [0.5, 0.6) is 0 Å². The van der Waals surface area contributed by atoms with Gasteiger partial charge < -0.3 is 14.0 Å². The summed E-state index contributed by atoms with van der Waals surface area (Å²) in [7, 11) is 2.03. The number of hydrogen-bond acceptors (Lipinski definition) is 4. The third-order valence-corrected chi connectivity index (χ3v) is 4.45. The Kier molecular flexibility index (Phi) is 4.68. The van der Waals surface area contributed by atoms with Crippen LogP contribution >= 0.6 is 0 Å². The maximum atomic E-state index is 12.7. The van der Waals surface area contributed by atoms with Crippen LogP contribution in [-0.4, -0.2) is 48.3 Å². The Hall–Kier alpha value is -1.85. The van der Waals surface area contributed by atoms with E-state index in [0.29, 0.717) is 19.8 Å². The zero-order valence-corrected chi connectivity index (χ0v) is 14.0. The molecule has 0 N–H and O–H groups in total. The molecule has 1 aromatic heterocycles. The topological polar surface area (TPSA) is 43.7 Å². The van der Waals surface area contributed by atoms with Crippen molar-refractivity contribution in [2.45, 2.75) is 19.9 Å². The lowest BCUT2D eigenvalue weighted by molar-refractivity contribution is -0.151. The molecule has 0 saturated carbocycles. The van der Waals surface area contributed by atoms with Gasteiger partial charge in [-0.2, -0.15) is 0 Å². The van der Waals surface area contributed by atoms with Crippen LogP contribution in [0.4, 0.5) is 0 Å². The smallest absolute Gasteiger partial charge is 0.328 e. The van der Waals surface area contributed by atoms with Gasteiger partial charge in [-0.05, 0) is 19.4 Å². The van der Waals surface area contributed by atoms with Gasteiger partial charge in [-0.1, -0.05) is 18.2 Å². The average Bonchev–Trinajstić information content (AvgIpc) is 2.87. The number of rotatable bonds is 4. The first-order valence-corrected chi connectivity index (χ1v) is 8.16. The van der Waals surface area contributed by atoms with Crippen LogP contribution in [0.3, 0.4) is 0 Å². The van der Waals surface area contributed by atoms with E-state index in [2.05, 4.69) is 34.7 Å². The first-order chi connectivity index (χ1) is 11.1. The van der Waals surface area contributed by atoms with Crippen LogP contribution in [0.15, 0.2) is 24.4 Å². The number of nitrogens with zero attached hydrogens (tertiary/aromatic N) is 2. The van der Waals surface area contributed by atoms with E-state index < -0.39 is 0 Å². The number of fused-ring (bicyclic) bond motifs is 1. The number of morpholine rings is 1. The van der Waals surface area contributed by atoms with Gasteiger partial charge in [-0.15, -0.1) is 0 Å². The largest absolute Gasteiger partial charge is 0.465 e. The number of esters is 1. The minimum Gasteiger partial charge on any atom is -0.465 e. The van der Waals surface area contributed by atoms with E-state index in [9.17, 15) is 4.79 Å². The van der Waals surface area contributed by atoms with Crippen LogP contribution < -0.4 is 0 Å². The Morgan fingerprint density at radius 2 is 2.09 bits per heavy atom. The summed E-state index contributed by atoms with van der Waals surface area (Å²) in [5.74, 6) is -0.177. The first kappa shape index (κ1) is 16.0. The standard InChI is InChI=1S/C18H24N2O3/c1-4-23-18(21)17(20-8-10-22-11-9-20)15-12-19(3)16-13(2)6-5-7-14(15)16/h5-7,12,17H,4,8-11H2,1-3H3. The van der Waals surface area contributed by atoms with Gasteiger partial charge in [0, 0.05) is 37.3 Å². The van der Waals surface area contributed by atoms with E-state index in [0.717, 1.165) is 24.0 Å². The average molecular weight is 316 g/mol. The zero-order valence-electron chi connectivity index (χ0n) is 14.0. The van der Waals surface area contributed by atoms with Crippen molar-refractivity contribution in [2.75, 3.05) is 32.9 Å². The molecule has 2 heterocycles. The third kappa shape index (κ3) is 2.99. The second-order valence-electron chi connectivity index (χ2n) is 5.97. The fourth-order valence-electron chi connectivity index (χ4n) is 3.45. The van der Waals surface area contributed by atoms with Crippen LogP contribution in [0.2, 0.25) is 0 Å². The van der Waals surface area contributed by atoms with Crippen molar-refractivity contribution in [3.05, 3.63) is 35.5 Å². The molecule has 1 saturated heterocycles. The molecule has 1 aliphatic rings. The van der Waals surface area contributed by atoms with Gasteiger partial charge in [-0.25, -0.2) is 4.79 Å². The van der Waals surface area contributed by atoms with E-state index in [-0.39, 0.29) is 12.0 Å². The molecule has 0 bridgehead atoms. The molecule has 1 fully saturated rings. The third-order valence-electron chi connectivity index (χ3n) is 4.45. The lowest BCUT2D eigenvalue weighted by Crippen LogP contribution is -2.42. The van der Waals surface area contributed by atoms with E-state index in [1.54, 1.807) is 0 Å². The van der Waals surface area contributed by atoms with Crippen LogP contribution in [0.1, 0.15) is 24.1 Å². The van der Waals surface area contributed by atoms with Gasteiger partial charge in [0.1, 0.15) is 6.04 Å². The molecule has 1 aromatic carbocycles. The van der Waals surface area contributed by atoms with Crippen molar-refractivity contribution in [2.24, 2.45) is 7.05 Å². The number of carbonyl (C=O) groups excluding carboxylic acids is 1. The fraction of sp³-hybridized carbons (Fsp3) is 0.500. The molecule has 23 heavy (non-hydrogen) atoms. The normalized spacial score (nSPS) is 17.3. The summed E-state index contributed by atoms with van der Waals surface area (Å²) in [6, 6.07) is 5.86. The molecule has 1 aliphatic heterocycles. The van der Waals surface area contributed by atoms with Gasteiger partial charge in [0.15, 0.2) is 0 Å². The summed E-state index contributed by atoms with van der Waals surface area (Å²) in [6.45, 7) is 7.13. The Balaban J connectivity index is 2.09. The second kappa shape index (κ2) is 6.72. The quantitative estimate of drug-likeness (QED) is 0.813. The minimum atomic E-state index is -0.371. The summed E-state index contributed by atoms with van der Waals surface area (Å²) in [4.78, 5) is 14.8. The van der Waals surface area contributed by atoms with Crippen molar-refractivity contribution in [3.8, 4) is 0 Å². The minimum absolute atomic E-state index is 0.177. The molecular weight excluding hydrogens is 292 g/mol. The van der Waals surface area contributed by atoms with E-state index >= 15 is 0 Å². The predicted molar refractivity (Wildman–Crippen MR) is 89.4 cm³/mol. The molecule has 3 rings (SSSR count). The van der Waals surface area contributed by atoms with E-state index in [4.69, 9.17) is 9.47 Å². The van der Waals surface area contributed by atoms with Crippen molar-refractivity contribution >= 4 is 16.9 Å². The monoisotopic (exact) mass is 316 g/mol. The summed E-state index contributed by atoms with van der Waals surface area (Å²) in [5, 5.41) is 1.12. The zero-order chi connectivity index (χ0) is 16.4. The highest BCUT2D eigenvalue weighted by Gasteiger charge is 2.32. The van der Waals surface area contributed by atoms with E-state index in [1.165, 1.54) is 11.1 Å². The van der Waals surface area contributed by atoms with Crippen LogP contribution in [0, 0.1) is 6.92 Å².